The van der Waals surface area contributed by atoms with Crippen molar-refractivity contribution in [1.29, 1.82) is 5.26 Å². The Morgan fingerprint density at radius 2 is 2.10 bits per heavy atom. The Hall–Kier alpha value is -1.98. The van der Waals surface area contributed by atoms with Crippen molar-refractivity contribution in [1.82, 2.24) is 4.98 Å². The fraction of sp³-hybridized carbons (Fsp3) is 0.154. The van der Waals surface area contributed by atoms with Gasteiger partial charge < -0.3 is 5.11 Å². The maximum Gasteiger partial charge on any atom is 0.308 e. The lowest BCUT2D eigenvalue weighted by Gasteiger charge is -2.02. The number of carbonyl (C=O) groups is 1. The summed E-state index contributed by atoms with van der Waals surface area (Å²) < 4.78 is 27.9. The third-order valence-electron chi connectivity index (χ3n) is 2.50. The number of aryl methyl sites for hydroxylation is 1. The Morgan fingerprint density at radius 3 is 2.62 bits per heavy atom. The lowest BCUT2D eigenvalue weighted by Crippen LogP contribution is -1.99. The van der Waals surface area contributed by atoms with Crippen LogP contribution in [0.25, 0.3) is 0 Å². The van der Waals surface area contributed by atoms with Gasteiger partial charge in [0.1, 0.15) is 11.6 Å². The number of benzene rings is 1. The Kier molecular flexibility index (Phi) is 4.55. The summed E-state index contributed by atoms with van der Waals surface area (Å²) in [5.41, 5.74) is 0.426. The molecular weight excluding hydrogens is 318 g/mol. The first-order valence-corrected chi connectivity index (χ1v) is 7.29. The maximum atomic E-state index is 13.8. The maximum absolute atomic E-state index is 13.8. The first kappa shape index (κ1) is 15.4. The summed E-state index contributed by atoms with van der Waals surface area (Å²) in [5.74, 6) is -2.68. The van der Waals surface area contributed by atoms with Crippen LogP contribution < -0.4 is 0 Å². The van der Waals surface area contributed by atoms with Crippen molar-refractivity contribution in [3.8, 4) is 6.07 Å². The fourth-order valence-corrected chi connectivity index (χ4v) is 3.73. The lowest BCUT2D eigenvalue weighted by molar-refractivity contribution is -0.136. The topological polar surface area (TPSA) is 74.0 Å². The van der Waals surface area contributed by atoms with Gasteiger partial charge in [0.05, 0.1) is 28.6 Å². The van der Waals surface area contributed by atoms with Gasteiger partial charge in [-0.05, 0) is 19.1 Å². The van der Waals surface area contributed by atoms with Crippen molar-refractivity contribution < 1.29 is 18.7 Å². The van der Waals surface area contributed by atoms with Crippen LogP contribution in [0.4, 0.5) is 8.78 Å². The average molecular weight is 326 g/mol. The van der Waals surface area contributed by atoms with Gasteiger partial charge >= 0.3 is 5.97 Å². The highest BCUT2D eigenvalue weighted by Crippen LogP contribution is 2.36. The van der Waals surface area contributed by atoms with Crippen LogP contribution in [0.5, 0.6) is 0 Å². The molecular formula is C13H8F2N2O2S2. The normalized spacial score (nSPS) is 10.4. The molecule has 0 fully saturated rings. The largest absolute Gasteiger partial charge is 0.481 e. The highest BCUT2D eigenvalue weighted by Gasteiger charge is 2.17. The summed E-state index contributed by atoms with van der Waals surface area (Å²) >= 11 is 1.86. The third-order valence-corrected chi connectivity index (χ3v) is 4.81. The molecule has 8 heteroatoms. The van der Waals surface area contributed by atoms with Gasteiger partial charge in [-0.15, -0.1) is 11.3 Å². The molecule has 1 aromatic heterocycles. The molecule has 1 aromatic carbocycles. The van der Waals surface area contributed by atoms with Gasteiger partial charge in [-0.1, -0.05) is 11.8 Å². The van der Waals surface area contributed by atoms with E-state index in [-0.39, 0.29) is 16.9 Å². The molecule has 108 valence electrons. The van der Waals surface area contributed by atoms with E-state index in [1.165, 1.54) is 0 Å². The average Bonchev–Trinajstić information content (AvgIpc) is 2.73. The van der Waals surface area contributed by atoms with Crippen molar-refractivity contribution in [2.24, 2.45) is 0 Å². The van der Waals surface area contributed by atoms with Crippen molar-refractivity contribution >= 4 is 29.1 Å². The number of nitriles is 1. The number of thiazole rings is 1. The minimum Gasteiger partial charge on any atom is -0.481 e. The number of nitrogens with zero attached hydrogens (tertiary/aromatic N) is 2. The second kappa shape index (κ2) is 6.20. The van der Waals surface area contributed by atoms with Crippen LogP contribution in [-0.4, -0.2) is 16.1 Å². The molecule has 0 saturated heterocycles. The standard InChI is InChI=1S/C13H8F2N2O2S2/c1-6-10(4-11(18)19)20-13(17-6)21-12-8(14)2-7(5-16)3-9(12)15/h2-3H,4H2,1H3,(H,18,19). The van der Waals surface area contributed by atoms with Gasteiger partial charge in [-0.3, -0.25) is 4.79 Å². The highest BCUT2D eigenvalue weighted by atomic mass is 32.2. The SMILES string of the molecule is Cc1nc(Sc2c(F)cc(C#N)cc2F)sc1CC(=O)O. The summed E-state index contributed by atoms with van der Waals surface area (Å²) in [5, 5.41) is 17.4. The second-order valence-corrected chi connectivity index (χ2v) is 6.38. The number of halogens is 2. The molecule has 1 N–H and O–H groups in total. The molecule has 1 heterocycles. The quantitative estimate of drug-likeness (QED) is 0.932. The van der Waals surface area contributed by atoms with Crippen LogP contribution in [0.3, 0.4) is 0 Å². The molecule has 0 aliphatic carbocycles. The first-order chi connectivity index (χ1) is 9.90. The van der Waals surface area contributed by atoms with Gasteiger partial charge in [-0.25, -0.2) is 13.8 Å². The molecule has 0 spiro atoms. The van der Waals surface area contributed by atoms with Gasteiger partial charge in [0, 0.05) is 4.88 Å². The van der Waals surface area contributed by atoms with E-state index in [1.54, 1.807) is 13.0 Å². The molecule has 0 saturated carbocycles. The molecule has 0 atom stereocenters. The number of hydrogen-bond donors (Lipinski definition) is 1. The van der Waals surface area contributed by atoms with Crippen LogP contribution in [0.1, 0.15) is 16.1 Å². The summed E-state index contributed by atoms with van der Waals surface area (Å²) in [6.07, 6.45) is -0.178. The van der Waals surface area contributed by atoms with Crippen LogP contribution in [0.2, 0.25) is 0 Å². The van der Waals surface area contributed by atoms with E-state index in [2.05, 4.69) is 4.98 Å². The van der Waals surface area contributed by atoms with Crippen molar-refractivity contribution in [2.45, 2.75) is 22.6 Å². The summed E-state index contributed by atoms with van der Waals surface area (Å²) in [6, 6.07) is 3.56. The van der Waals surface area contributed by atoms with Crippen LogP contribution in [-0.2, 0) is 11.2 Å². The zero-order valence-electron chi connectivity index (χ0n) is 10.7. The molecule has 0 aliphatic heterocycles. The number of hydrogen-bond acceptors (Lipinski definition) is 5. The Bertz CT molecular complexity index is 730. The summed E-state index contributed by atoms with van der Waals surface area (Å²) in [6.45, 7) is 1.64. The Labute approximate surface area is 127 Å². The Balaban J connectivity index is 2.31. The molecule has 0 amide bonds. The Morgan fingerprint density at radius 1 is 1.48 bits per heavy atom. The molecule has 0 unspecified atom stereocenters. The van der Waals surface area contributed by atoms with E-state index in [0.717, 1.165) is 35.2 Å². The van der Waals surface area contributed by atoms with Crippen LogP contribution in [0, 0.1) is 29.9 Å². The van der Waals surface area contributed by atoms with Gasteiger partial charge in [0.2, 0.25) is 0 Å². The molecule has 0 bridgehead atoms. The summed E-state index contributed by atoms with van der Waals surface area (Å²) in [7, 11) is 0. The van der Waals surface area contributed by atoms with Gasteiger partial charge in [0.15, 0.2) is 4.34 Å². The summed E-state index contributed by atoms with van der Waals surface area (Å²) in [4.78, 5) is 15.1. The molecule has 4 nitrogen and oxygen atoms in total. The van der Waals surface area contributed by atoms with Crippen LogP contribution in [0.15, 0.2) is 21.4 Å². The molecule has 0 radical (unpaired) electrons. The van der Waals surface area contributed by atoms with Gasteiger partial charge in [-0.2, -0.15) is 5.26 Å². The monoisotopic (exact) mass is 326 g/mol. The smallest absolute Gasteiger partial charge is 0.308 e. The number of carboxylic acids is 1. The number of carboxylic acid groups (broad SMARTS) is 1. The molecule has 2 aromatic rings. The third kappa shape index (κ3) is 3.56. The van der Waals surface area contributed by atoms with E-state index in [9.17, 15) is 13.6 Å². The zero-order chi connectivity index (χ0) is 15.6. The van der Waals surface area contributed by atoms with Gasteiger partial charge in [0.25, 0.3) is 0 Å². The minimum absolute atomic E-state index is 0.101. The van der Waals surface area contributed by atoms with E-state index in [1.807, 2.05) is 0 Å². The van der Waals surface area contributed by atoms with Crippen molar-refractivity contribution in [2.75, 3.05) is 0 Å². The van der Waals surface area contributed by atoms with E-state index < -0.39 is 17.6 Å². The second-order valence-electron chi connectivity index (χ2n) is 4.04. The van der Waals surface area contributed by atoms with E-state index in [0.29, 0.717) is 14.9 Å². The van der Waals surface area contributed by atoms with Crippen molar-refractivity contribution in [3.63, 3.8) is 0 Å². The molecule has 2 rings (SSSR count). The predicted octanol–water partition coefficient (Wildman–Crippen LogP) is 3.38. The van der Waals surface area contributed by atoms with Crippen molar-refractivity contribution in [3.05, 3.63) is 39.9 Å². The minimum atomic E-state index is -0.992. The highest BCUT2D eigenvalue weighted by molar-refractivity contribution is 8.01. The number of aliphatic carboxylic acids is 1. The van der Waals surface area contributed by atoms with E-state index >= 15 is 0 Å². The number of rotatable bonds is 4. The number of aromatic nitrogens is 1. The van der Waals surface area contributed by atoms with E-state index in [4.69, 9.17) is 10.4 Å². The zero-order valence-corrected chi connectivity index (χ0v) is 12.3. The lowest BCUT2D eigenvalue weighted by atomic mass is 10.2. The first-order valence-electron chi connectivity index (χ1n) is 5.65. The fourth-order valence-electron chi connectivity index (χ4n) is 1.56. The molecule has 21 heavy (non-hydrogen) atoms. The van der Waals surface area contributed by atoms with Crippen LogP contribution >= 0.6 is 23.1 Å². The predicted molar refractivity (Wildman–Crippen MR) is 73.4 cm³/mol. The molecule has 0 aliphatic rings.